The van der Waals surface area contributed by atoms with Gasteiger partial charge in [-0.05, 0) is 29.7 Å². The van der Waals surface area contributed by atoms with E-state index < -0.39 is 16.3 Å². The van der Waals surface area contributed by atoms with Crippen molar-refractivity contribution in [2.75, 3.05) is 11.8 Å². The molecule has 1 atom stereocenters. The minimum Gasteiger partial charge on any atom is -0.357 e. The summed E-state index contributed by atoms with van der Waals surface area (Å²) in [7, 11) is -2.86. The van der Waals surface area contributed by atoms with Gasteiger partial charge in [0.25, 0.3) is 0 Å². The van der Waals surface area contributed by atoms with Crippen molar-refractivity contribution in [1.82, 2.24) is 10.6 Å². The van der Waals surface area contributed by atoms with Crippen LogP contribution in [0, 0.1) is 0 Å². The van der Waals surface area contributed by atoms with Crippen molar-refractivity contribution >= 4 is 27.8 Å². The highest BCUT2D eigenvalue weighted by Crippen LogP contribution is 2.13. The van der Waals surface area contributed by atoms with Gasteiger partial charge in [0.1, 0.15) is 6.04 Å². The Kier molecular flexibility index (Phi) is 7.53. The zero-order valence-corrected chi connectivity index (χ0v) is 16.2. The van der Waals surface area contributed by atoms with Crippen LogP contribution in [0.4, 0.5) is 5.69 Å². The number of nitrogens with one attached hydrogen (secondary N) is 3. The maximum atomic E-state index is 12.3. The van der Waals surface area contributed by atoms with Crippen LogP contribution >= 0.6 is 0 Å². The highest BCUT2D eigenvalue weighted by atomic mass is 32.2. The fourth-order valence-corrected chi connectivity index (χ4v) is 3.08. The summed E-state index contributed by atoms with van der Waals surface area (Å²) < 4.78 is 32.4. The zero-order valence-electron chi connectivity index (χ0n) is 15.4. The molecule has 0 aliphatic heterocycles. The van der Waals surface area contributed by atoms with E-state index in [-0.39, 0.29) is 30.3 Å². The lowest BCUT2D eigenvalue weighted by Gasteiger charge is -2.18. The lowest BCUT2D eigenvalue weighted by atomic mass is 10.0. The van der Waals surface area contributed by atoms with E-state index in [0.29, 0.717) is 6.42 Å². The first-order valence-corrected chi connectivity index (χ1v) is 10.1. The Morgan fingerprint density at radius 3 is 2.21 bits per heavy atom. The first-order valence-electron chi connectivity index (χ1n) is 8.66. The lowest BCUT2D eigenvalue weighted by Crippen LogP contribution is -2.47. The molecule has 8 nitrogen and oxygen atoms in total. The summed E-state index contributed by atoms with van der Waals surface area (Å²) in [6.45, 7) is 0. The molecule has 0 saturated carbocycles. The summed E-state index contributed by atoms with van der Waals surface area (Å²) in [4.78, 5) is 24.4. The molecule has 1 unspecified atom stereocenters. The van der Waals surface area contributed by atoms with E-state index in [1.165, 1.54) is 19.2 Å². The second kappa shape index (κ2) is 9.86. The fraction of sp³-hybridized carbons (Fsp3) is 0.263. The topological polar surface area (TPSA) is 125 Å². The fourth-order valence-electron chi connectivity index (χ4n) is 2.65. The van der Waals surface area contributed by atoms with Crippen molar-refractivity contribution in [2.45, 2.75) is 25.3 Å². The van der Waals surface area contributed by atoms with Crippen LogP contribution in [0.25, 0.3) is 0 Å². The molecule has 0 heterocycles. The van der Waals surface area contributed by atoms with Gasteiger partial charge in [0.15, 0.2) is 0 Å². The molecule has 0 aliphatic carbocycles. The first-order chi connectivity index (χ1) is 13.3. The summed E-state index contributed by atoms with van der Waals surface area (Å²) in [5.74, 6) is -0.560. The maximum absolute atomic E-state index is 12.3. The lowest BCUT2D eigenvalue weighted by molar-refractivity contribution is -0.128. The van der Waals surface area contributed by atoms with Crippen LogP contribution < -0.4 is 15.4 Å². The molecule has 0 bridgehead atoms. The normalized spacial score (nSPS) is 12.1. The minimum atomic E-state index is -4.35. The second-order valence-corrected chi connectivity index (χ2v) is 7.35. The van der Waals surface area contributed by atoms with Crippen molar-refractivity contribution in [3.8, 4) is 0 Å². The van der Waals surface area contributed by atoms with Crippen LogP contribution in [0.5, 0.6) is 0 Å². The van der Waals surface area contributed by atoms with Crippen molar-refractivity contribution in [2.24, 2.45) is 0 Å². The van der Waals surface area contributed by atoms with Crippen LogP contribution in [-0.4, -0.2) is 37.9 Å². The molecular formula is C19H23N3O5S. The standard InChI is InChI=1S/C19H23N3O5S/c1-20-19(24)17(21-18(23)12-9-14-5-3-2-4-6-14)13-15-7-10-16(11-8-15)22-28(25,26)27/h2-8,10-11,17,22H,9,12-13H2,1H3,(H,20,24)(H,21,23)(H,25,26,27). The number of carbonyl (C=O) groups is 2. The van der Waals surface area contributed by atoms with Crippen molar-refractivity contribution < 1.29 is 22.6 Å². The van der Waals surface area contributed by atoms with Crippen molar-refractivity contribution in [3.05, 3.63) is 65.7 Å². The van der Waals surface area contributed by atoms with E-state index in [2.05, 4.69) is 10.6 Å². The monoisotopic (exact) mass is 405 g/mol. The van der Waals surface area contributed by atoms with Crippen LogP contribution in [0.15, 0.2) is 54.6 Å². The van der Waals surface area contributed by atoms with Gasteiger partial charge < -0.3 is 10.6 Å². The SMILES string of the molecule is CNC(=O)C(Cc1ccc(NS(=O)(=O)O)cc1)NC(=O)CCc1ccccc1. The number of likely N-dealkylation sites (N-methyl/N-ethyl adjacent to an activating group) is 1. The number of anilines is 1. The smallest absolute Gasteiger partial charge is 0.357 e. The van der Waals surface area contributed by atoms with Gasteiger partial charge in [-0.3, -0.25) is 18.9 Å². The molecule has 0 aliphatic rings. The number of hydrogen-bond acceptors (Lipinski definition) is 4. The second-order valence-electron chi connectivity index (χ2n) is 6.20. The molecule has 0 aromatic heterocycles. The third-order valence-electron chi connectivity index (χ3n) is 4.02. The summed E-state index contributed by atoms with van der Waals surface area (Å²) in [5.41, 5.74) is 1.95. The molecule has 4 N–H and O–H groups in total. The third-order valence-corrected chi connectivity index (χ3v) is 4.52. The van der Waals surface area contributed by atoms with Crippen LogP contribution in [0.1, 0.15) is 17.5 Å². The molecule has 2 aromatic carbocycles. The van der Waals surface area contributed by atoms with E-state index in [4.69, 9.17) is 4.55 Å². The summed E-state index contributed by atoms with van der Waals surface area (Å²) in [6, 6.07) is 15.0. The molecule has 0 fully saturated rings. The molecule has 2 rings (SSSR count). The third kappa shape index (κ3) is 7.37. The quantitative estimate of drug-likeness (QED) is 0.468. The molecule has 9 heteroatoms. The number of hydrogen-bond donors (Lipinski definition) is 4. The van der Waals surface area contributed by atoms with E-state index in [1.54, 1.807) is 12.1 Å². The van der Waals surface area contributed by atoms with Crippen molar-refractivity contribution in [1.29, 1.82) is 0 Å². The summed E-state index contributed by atoms with van der Waals surface area (Å²) in [6.07, 6.45) is 1.07. The van der Waals surface area contributed by atoms with Gasteiger partial charge in [0, 0.05) is 19.9 Å². The number of amides is 2. The summed E-state index contributed by atoms with van der Waals surface area (Å²) in [5, 5.41) is 5.27. The number of carbonyl (C=O) groups excluding carboxylic acids is 2. The van der Waals surface area contributed by atoms with Gasteiger partial charge in [0.2, 0.25) is 11.8 Å². The number of rotatable bonds is 9. The van der Waals surface area contributed by atoms with Gasteiger partial charge in [-0.2, -0.15) is 8.42 Å². The first kappa shape index (κ1) is 21.4. The van der Waals surface area contributed by atoms with Gasteiger partial charge in [-0.1, -0.05) is 42.5 Å². The molecule has 0 radical (unpaired) electrons. The van der Waals surface area contributed by atoms with E-state index in [1.807, 2.05) is 35.1 Å². The van der Waals surface area contributed by atoms with Gasteiger partial charge >= 0.3 is 10.3 Å². The number of aryl methyl sites for hydroxylation is 1. The number of benzene rings is 2. The Balaban J connectivity index is 1.97. The molecule has 150 valence electrons. The Morgan fingerprint density at radius 1 is 1.00 bits per heavy atom. The van der Waals surface area contributed by atoms with Crippen molar-refractivity contribution in [3.63, 3.8) is 0 Å². The molecule has 0 saturated heterocycles. The molecule has 0 spiro atoms. The highest BCUT2D eigenvalue weighted by molar-refractivity contribution is 7.87. The van der Waals surface area contributed by atoms with Crippen LogP contribution in [0.3, 0.4) is 0 Å². The Labute approximate surface area is 164 Å². The minimum absolute atomic E-state index is 0.189. The van der Waals surface area contributed by atoms with E-state index in [9.17, 15) is 18.0 Å². The maximum Gasteiger partial charge on any atom is 0.357 e. The zero-order chi connectivity index (χ0) is 20.6. The van der Waals surface area contributed by atoms with Gasteiger partial charge in [-0.15, -0.1) is 0 Å². The van der Waals surface area contributed by atoms with Gasteiger partial charge in [-0.25, -0.2) is 0 Å². The molecule has 2 aromatic rings. The molecule has 28 heavy (non-hydrogen) atoms. The Hall–Kier alpha value is -2.91. The van der Waals surface area contributed by atoms with E-state index >= 15 is 0 Å². The predicted octanol–water partition coefficient (Wildman–Crippen LogP) is 1.31. The van der Waals surface area contributed by atoms with Crippen LogP contribution in [0.2, 0.25) is 0 Å². The predicted molar refractivity (Wildman–Crippen MR) is 106 cm³/mol. The average molecular weight is 405 g/mol. The Bertz CT molecular complexity index is 899. The Morgan fingerprint density at radius 2 is 1.64 bits per heavy atom. The van der Waals surface area contributed by atoms with Crippen LogP contribution in [-0.2, 0) is 32.7 Å². The summed E-state index contributed by atoms with van der Waals surface area (Å²) >= 11 is 0. The van der Waals surface area contributed by atoms with Gasteiger partial charge in [0.05, 0.1) is 5.69 Å². The highest BCUT2D eigenvalue weighted by Gasteiger charge is 2.20. The van der Waals surface area contributed by atoms with E-state index in [0.717, 1.165) is 11.1 Å². The molecule has 2 amide bonds. The largest absolute Gasteiger partial charge is 0.357 e. The molecular weight excluding hydrogens is 382 g/mol. The average Bonchev–Trinajstić information content (AvgIpc) is 2.66.